The highest BCUT2D eigenvalue weighted by molar-refractivity contribution is 5.78. The Balaban J connectivity index is 2.72. The van der Waals surface area contributed by atoms with Gasteiger partial charge in [-0.05, 0) is 12.8 Å². The van der Waals surface area contributed by atoms with Gasteiger partial charge >= 0.3 is 0 Å². The highest BCUT2D eigenvalue weighted by atomic mass is 19.2. The van der Waals surface area contributed by atoms with Crippen molar-refractivity contribution < 1.29 is 18.0 Å². The molecule has 3 nitrogen and oxygen atoms in total. The maximum atomic E-state index is 13.8. The smallest absolute Gasteiger partial charge is 0.161 e. The van der Waals surface area contributed by atoms with E-state index in [2.05, 4.69) is 5.10 Å². The third-order valence-electron chi connectivity index (χ3n) is 3.10. The summed E-state index contributed by atoms with van der Waals surface area (Å²) in [4.78, 5) is 11.1. The van der Waals surface area contributed by atoms with Gasteiger partial charge in [0, 0.05) is 12.1 Å². The van der Waals surface area contributed by atoms with Crippen molar-refractivity contribution in [3.63, 3.8) is 0 Å². The maximum Gasteiger partial charge on any atom is 0.161 e. The Morgan fingerprint density at radius 3 is 2.30 bits per heavy atom. The summed E-state index contributed by atoms with van der Waals surface area (Å²) in [6.07, 6.45) is 1.55. The highest BCUT2D eigenvalue weighted by Gasteiger charge is 2.19. The van der Waals surface area contributed by atoms with E-state index in [0.717, 1.165) is 6.07 Å². The summed E-state index contributed by atoms with van der Waals surface area (Å²) in [5, 5.41) is 4.13. The number of aromatic nitrogens is 2. The lowest BCUT2D eigenvalue weighted by Gasteiger charge is -2.08. The molecule has 1 aromatic heterocycles. The van der Waals surface area contributed by atoms with E-state index in [1.807, 2.05) is 0 Å². The fourth-order valence-corrected chi connectivity index (χ4v) is 2.13. The lowest BCUT2D eigenvalue weighted by atomic mass is 10.1. The van der Waals surface area contributed by atoms with E-state index < -0.39 is 17.5 Å². The van der Waals surface area contributed by atoms with Crippen molar-refractivity contribution in [3.8, 4) is 5.69 Å². The molecule has 0 N–H and O–H groups in total. The number of aldehydes is 1. The van der Waals surface area contributed by atoms with E-state index in [4.69, 9.17) is 0 Å². The molecule has 0 bridgehead atoms. The molecule has 2 rings (SSSR count). The molecule has 2 aromatic rings. The van der Waals surface area contributed by atoms with Crippen LogP contribution in [-0.2, 0) is 12.8 Å². The largest absolute Gasteiger partial charge is 0.298 e. The summed E-state index contributed by atoms with van der Waals surface area (Å²) < 4.78 is 41.3. The molecule has 0 radical (unpaired) electrons. The minimum atomic E-state index is -1.26. The van der Waals surface area contributed by atoms with Crippen LogP contribution in [0.4, 0.5) is 13.2 Å². The second-order valence-corrected chi connectivity index (χ2v) is 4.26. The fourth-order valence-electron chi connectivity index (χ4n) is 2.13. The van der Waals surface area contributed by atoms with Crippen LogP contribution < -0.4 is 0 Å². The predicted molar refractivity (Wildman–Crippen MR) is 67.6 cm³/mol. The summed E-state index contributed by atoms with van der Waals surface area (Å²) in [6, 6.07) is 1.21. The van der Waals surface area contributed by atoms with Gasteiger partial charge in [0.2, 0.25) is 0 Å². The lowest BCUT2D eigenvalue weighted by Crippen LogP contribution is -2.06. The molecule has 0 aliphatic carbocycles. The first-order chi connectivity index (χ1) is 9.53. The van der Waals surface area contributed by atoms with Crippen molar-refractivity contribution >= 4 is 6.29 Å². The van der Waals surface area contributed by atoms with Gasteiger partial charge in [-0.15, -0.1) is 0 Å². The molecule has 0 aliphatic heterocycles. The summed E-state index contributed by atoms with van der Waals surface area (Å²) >= 11 is 0. The van der Waals surface area contributed by atoms with Crippen molar-refractivity contribution in [2.75, 3.05) is 0 Å². The summed E-state index contributed by atoms with van der Waals surface area (Å²) in [5.74, 6) is -3.35. The van der Waals surface area contributed by atoms with Crippen LogP contribution in [0.1, 0.15) is 35.6 Å². The predicted octanol–water partition coefficient (Wildman–Crippen LogP) is 3.23. The van der Waals surface area contributed by atoms with Crippen molar-refractivity contribution in [1.29, 1.82) is 0 Å². The molecule has 0 atom stereocenters. The Bertz CT molecular complexity index is 665. The molecular weight excluding hydrogens is 269 g/mol. The van der Waals surface area contributed by atoms with Crippen molar-refractivity contribution in [3.05, 3.63) is 46.5 Å². The number of halogens is 3. The third-order valence-corrected chi connectivity index (χ3v) is 3.10. The zero-order chi connectivity index (χ0) is 14.9. The van der Waals surface area contributed by atoms with E-state index in [1.165, 1.54) is 4.68 Å². The van der Waals surface area contributed by atoms with Gasteiger partial charge in [-0.2, -0.15) is 5.10 Å². The molecule has 20 heavy (non-hydrogen) atoms. The van der Waals surface area contributed by atoms with E-state index >= 15 is 0 Å². The Morgan fingerprint density at radius 2 is 1.75 bits per heavy atom. The molecule has 0 saturated carbocycles. The molecule has 1 aromatic carbocycles. The Kier molecular flexibility index (Phi) is 3.92. The van der Waals surface area contributed by atoms with Gasteiger partial charge in [0.1, 0.15) is 5.69 Å². The number of benzene rings is 1. The number of carbonyl (C=O) groups excluding carboxylic acids is 1. The quantitative estimate of drug-likeness (QED) is 0.637. The summed E-state index contributed by atoms with van der Waals surface area (Å²) in [7, 11) is 0. The average Bonchev–Trinajstić information content (AvgIpc) is 2.80. The van der Waals surface area contributed by atoms with E-state index in [9.17, 15) is 18.0 Å². The van der Waals surface area contributed by atoms with Crippen LogP contribution >= 0.6 is 0 Å². The number of aryl methyl sites for hydroxylation is 1. The normalized spacial score (nSPS) is 10.8. The van der Waals surface area contributed by atoms with Crippen LogP contribution in [0.2, 0.25) is 0 Å². The Morgan fingerprint density at radius 1 is 1.10 bits per heavy atom. The molecular formula is C14H13F3N2O. The maximum absolute atomic E-state index is 13.8. The van der Waals surface area contributed by atoms with Gasteiger partial charge < -0.3 is 0 Å². The van der Waals surface area contributed by atoms with Gasteiger partial charge in [0.05, 0.1) is 17.0 Å². The zero-order valence-corrected chi connectivity index (χ0v) is 11.1. The summed E-state index contributed by atoms with van der Waals surface area (Å²) in [6.45, 7) is 3.58. The van der Waals surface area contributed by atoms with Crippen LogP contribution in [0.25, 0.3) is 5.69 Å². The average molecular weight is 282 g/mol. The minimum absolute atomic E-state index is 0.205. The molecule has 0 aliphatic rings. The topological polar surface area (TPSA) is 34.9 Å². The number of nitrogens with zero attached hydrogens (tertiary/aromatic N) is 2. The third kappa shape index (κ3) is 2.21. The van der Waals surface area contributed by atoms with E-state index in [1.54, 1.807) is 13.8 Å². The first-order valence-corrected chi connectivity index (χ1v) is 6.24. The second kappa shape index (κ2) is 5.48. The van der Waals surface area contributed by atoms with Gasteiger partial charge in [0.15, 0.2) is 23.7 Å². The lowest BCUT2D eigenvalue weighted by molar-refractivity contribution is 0.112. The van der Waals surface area contributed by atoms with Crippen molar-refractivity contribution in [1.82, 2.24) is 9.78 Å². The van der Waals surface area contributed by atoms with Crippen LogP contribution in [0, 0.1) is 17.5 Å². The first kappa shape index (κ1) is 14.3. The van der Waals surface area contributed by atoms with Gasteiger partial charge in [-0.3, -0.25) is 4.79 Å². The molecule has 0 fully saturated rings. The van der Waals surface area contributed by atoms with Crippen molar-refractivity contribution in [2.45, 2.75) is 26.7 Å². The molecule has 6 heteroatoms. The first-order valence-electron chi connectivity index (χ1n) is 6.24. The van der Waals surface area contributed by atoms with Crippen LogP contribution in [0.3, 0.4) is 0 Å². The highest BCUT2D eigenvalue weighted by Crippen LogP contribution is 2.23. The second-order valence-electron chi connectivity index (χ2n) is 4.26. The number of hydrogen-bond donors (Lipinski definition) is 0. The Labute approximate surface area is 114 Å². The van der Waals surface area contributed by atoms with Crippen molar-refractivity contribution in [2.24, 2.45) is 0 Å². The molecule has 1 heterocycles. The molecule has 0 saturated heterocycles. The van der Waals surface area contributed by atoms with Crippen LogP contribution in [-0.4, -0.2) is 16.1 Å². The minimum Gasteiger partial charge on any atom is -0.298 e. The number of carbonyl (C=O) groups is 1. The molecule has 106 valence electrons. The number of hydrogen-bond acceptors (Lipinski definition) is 2. The zero-order valence-electron chi connectivity index (χ0n) is 11.1. The van der Waals surface area contributed by atoms with Gasteiger partial charge in [0.25, 0.3) is 0 Å². The van der Waals surface area contributed by atoms with Gasteiger partial charge in [-0.1, -0.05) is 13.8 Å². The standard InChI is InChI=1S/C14H13F3N2O/c1-3-12-8(7-20)13(4-2)19(18-12)14-6-10(16)9(15)5-11(14)17/h5-7H,3-4H2,1-2H3. The van der Waals surface area contributed by atoms with E-state index in [0.29, 0.717) is 42.1 Å². The summed E-state index contributed by atoms with van der Waals surface area (Å²) in [5.41, 5.74) is 1.14. The fraction of sp³-hybridized carbons (Fsp3) is 0.286. The SMILES string of the molecule is CCc1nn(-c2cc(F)c(F)cc2F)c(CC)c1C=O. The number of rotatable bonds is 4. The van der Waals surface area contributed by atoms with Gasteiger partial charge in [-0.25, -0.2) is 17.9 Å². The van der Waals surface area contributed by atoms with Crippen LogP contribution in [0.15, 0.2) is 12.1 Å². The van der Waals surface area contributed by atoms with E-state index in [-0.39, 0.29) is 5.69 Å². The van der Waals surface area contributed by atoms with Crippen LogP contribution in [0.5, 0.6) is 0 Å². The monoisotopic (exact) mass is 282 g/mol. The Hall–Kier alpha value is -2.11. The molecule has 0 amide bonds. The molecule has 0 unspecified atom stereocenters. The molecule has 0 spiro atoms.